The Morgan fingerprint density at radius 1 is 0.829 bits per heavy atom. The van der Waals surface area contributed by atoms with E-state index in [-0.39, 0.29) is 18.4 Å². The van der Waals surface area contributed by atoms with E-state index in [1.807, 2.05) is 85.8 Å². The second-order valence-electron chi connectivity index (χ2n) is 7.81. The van der Waals surface area contributed by atoms with E-state index in [1.54, 1.807) is 29.2 Å². The van der Waals surface area contributed by atoms with E-state index < -0.39 is 0 Å². The standard InChI is InChI=1S/C29H25BrN2O3/c1-2-32(25-14-7-4-8-15-25)29(34)23-12-9-13-24(18-23)31-28(33)20-35-27-17-16-22(19-26(27)30)21-10-5-3-6-11-21/h3-19H,2,20H2,1H3,(H,31,33). The van der Waals surface area contributed by atoms with Crippen LogP contribution in [0.15, 0.2) is 108 Å². The van der Waals surface area contributed by atoms with Crippen molar-refractivity contribution in [2.24, 2.45) is 0 Å². The average molecular weight is 529 g/mol. The smallest absolute Gasteiger partial charge is 0.262 e. The van der Waals surface area contributed by atoms with Crippen LogP contribution in [-0.4, -0.2) is 25.0 Å². The zero-order chi connectivity index (χ0) is 24.6. The molecule has 0 bridgehead atoms. The Hall–Kier alpha value is -3.90. The second kappa shape index (κ2) is 11.5. The quantitative estimate of drug-likeness (QED) is 0.273. The molecule has 0 aliphatic rings. The van der Waals surface area contributed by atoms with Crippen LogP contribution in [0.3, 0.4) is 0 Å². The molecular formula is C29H25BrN2O3. The van der Waals surface area contributed by atoms with Crippen LogP contribution >= 0.6 is 15.9 Å². The highest BCUT2D eigenvalue weighted by molar-refractivity contribution is 9.10. The molecule has 0 saturated carbocycles. The number of halogens is 1. The largest absolute Gasteiger partial charge is 0.483 e. The van der Waals surface area contributed by atoms with Gasteiger partial charge in [-0.15, -0.1) is 0 Å². The van der Waals surface area contributed by atoms with Crippen LogP contribution in [0, 0.1) is 0 Å². The summed E-state index contributed by atoms with van der Waals surface area (Å²) in [6.45, 7) is 2.30. The number of anilines is 2. The Labute approximate surface area is 213 Å². The predicted octanol–water partition coefficient (Wildman–Crippen LogP) is 6.80. The van der Waals surface area contributed by atoms with Crippen molar-refractivity contribution in [3.05, 3.63) is 113 Å². The molecule has 4 aromatic carbocycles. The molecule has 0 spiro atoms. The summed E-state index contributed by atoms with van der Waals surface area (Å²) in [6.07, 6.45) is 0. The summed E-state index contributed by atoms with van der Waals surface area (Å²) in [6, 6.07) is 32.2. The number of para-hydroxylation sites is 1. The molecule has 5 nitrogen and oxygen atoms in total. The van der Waals surface area contributed by atoms with Crippen molar-refractivity contribution < 1.29 is 14.3 Å². The number of nitrogens with zero attached hydrogens (tertiary/aromatic N) is 1. The van der Waals surface area contributed by atoms with Gasteiger partial charge in [0.05, 0.1) is 4.47 Å². The Bertz CT molecular complexity index is 1310. The van der Waals surface area contributed by atoms with Gasteiger partial charge in [0.1, 0.15) is 5.75 Å². The fraction of sp³-hybridized carbons (Fsp3) is 0.103. The monoisotopic (exact) mass is 528 g/mol. The van der Waals surface area contributed by atoms with Gasteiger partial charge in [0.15, 0.2) is 6.61 Å². The summed E-state index contributed by atoms with van der Waals surface area (Å²) >= 11 is 3.53. The van der Waals surface area contributed by atoms with E-state index in [0.717, 1.165) is 21.3 Å². The summed E-state index contributed by atoms with van der Waals surface area (Å²) in [5.41, 5.74) is 4.00. The fourth-order valence-electron chi connectivity index (χ4n) is 3.71. The highest BCUT2D eigenvalue weighted by atomic mass is 79.9. The molecule has 0 heterocycles. The van der Waals surface area contributed by atoms with Crippen LogP contribution in [0.1, 0.15) is 17.3 Å². The van der Waals surface area contributed by atoms with E-state index in [1.165, 1.54) is 0 Å². The Balaban J connectivity index is 1.38. The van der Waals surface area contributed by atoms with Gasteiger partial charge in [-0.05, 0) is 76.4 Å². The van der Waals surface area contributed by atoms with E-state index in [9.17, 15) is 9.59 Å². The zero-order valence-electron chi connectivity index (χ0n) is 19.3. The van der Waals surface area contributed by atoms with Crippen molar-refractivity contribution >= 4 is 39.1 Å². The third kappa shape index (κ3) is 6.16. The first-order chi connectivity index (χ1) is 17.0. The van der Waals surface area contributed by atoms with Gasteiger partial charge in [0, 0.05) is 23.5 Å². The summed E-state index contributed by atoms with van der Waals surface area (Å²) in [4.78, 5) is 27.3. The van der Waals surface area contributed by atoms with Gasteiger partial charge in [-0.25, -0.2) is 0 Å². The minimum atomic E-state index is -0.316. The lowest BCUT2D eigenvalue weighted by molar-refractivity contribution is -0.118. The van der Waals surface area contributed by atoms with Crippen LogP contribution in [0.25, 0.3) is 11.1 Å². The van der Waals surface area contributed by atoms with Crippen molar-refractivity contribution in [2.45, 2.75) is 6.92 Å². The molecule has 176 valence electrons. The summed E-state index contributed by atoms with van der Waals surface area (Å²) < 4.78 is 6.48. The number of amides is 2. The van der Waals surface area contributed by atoms with Crippen molar-refractivity contribution in [1.82, 2.24) is 0 Å². The molecule has 0 radical (unpaired) electrons. The first kappa shape index (κ1) is 24.2. The van der Waals surface area contributed by atoms with Crippen LogP contribution < -0.4 is 15.0 Å². The predicted molar refractivity (Wildman–Crippen MR) is 144 cm³/mol. The number of nitrogens with one attached hydrogen (secondary N) is 1. The molecule has 35 heavy (non-hydrogen) atoms. The van der Waals surface area contributed by atoms with Gasteiger partial charge < -0.3 is 15.0 Å². The fourth-order valence-corrected chi connectivity index (χ4v) is 4.20. The number of hydrogen-bond donors (Lipinski definition) is 1. The molecule has 0 atom stereocenters. The van der Waals surface area contributed by atoms with Crippen LogP contribution in [-0.2, 0) is 4.79 Å². The highest BCUT2D eigenvalue weighted by Gasteiger charge is 2.17. The van der Waals surface area contributed by atoms with Crippen molar-refractivity contribution in [2.75, 3.05) is 23.4 Å². The van der Waals surface area contributed by atoms with E-state index >= 15 is 0 Å². The molecule has 1 N–H and O–H groups in total. The molecule has 0 aliphatic carbocycles. The topological polar surface area (TPSA) is 58.6 Å². The van der Waals surface area contributed by atoms with Crippen molar-refractivity contribution in [1.29, 1.82) is 0 Å². The number of hydrogen-bond acceptors (Lipinski definition) is 3. The third-order valence-corrected chi connectivity index (χ3v) is 6.04. The maximum absolute atomic E-state index is 13.1. The number of carbonyl (C=O) groups excluding carboxylic acids is 2. The lowest BCUT2D eigenvalue weighted by atomic mass is 10.1. The Kier molecular flexibility index (Phi) is 7.95. The van der Waals surface area contributed by atoms with E-state index in [2.05, 4.69) is 21.2 Å². The number of carbonyl (C=O) groups is 2. The molecule has 2 amide bonds. The molecule has 4 rings (SSSR count). The number of rotatable bonds is 8. The highest BCUT2D eigenvalue weighted by Crippen LogP contribution is 2.30. The summed E-state index contributed by atoms with van der Waals surface area (Å²) in [5.74, 6) is 0.128. The van der Waals surface area contributed by atoms with E-state index in [4.69, 9.17) is 4.74 Å². The zero-order valence-corrected chi connectivity index (χ0v) is 20.9. The number of benzene rings is 4. The maximum Gasteiger partial charge on any atom is 0.262 e. The molecule has 0 aromatic heterocycles. The van der Waals surface area contributed by atoms with Crippen LogP contribution in [0.4, 0.5) is 11.4 Å². The average Bonchev–Trinajstić information content (AvgIpc) is 2.89. The van der Waals surface area contributed by atoms with Crippen LogP contribution in [0.2, 0.25) is 0 Å². The van der Waals surface area contributed by atoms with Gasteiger partial charge in [-0.1, -0.05) is 60.7 Å². The van der Waals surface area contributed by atoms with Gasteiger partial charge in [-0.2, -0.15) is 0 Å². The van der Waals surface area contributed by atoms with Crippen molar-refractivity contribution in [3.63, 3.8) is 0 Å². The summed E-state index contributed by atoms with van der Waals surface area (Å²) in [7, 11) is 0. The molecule has 4 aromatic rings. The van der Waals surface area contributed by atoms with Gasteiger partial charge in [0.25, 0.3) is 11.8 Å². The maximum atomic E-state index is 13.1. The second-order valence-corrected chi connectivity index (χ2v) is 8.67. The molecule has 0 unspecified atom stereocenters. The van der Waals surface area contributed by atoms with E-state index in [0.29, 0.717) is 23.5 Å². The van der Waals surface area contributed by atoms with Crippen molar-refractivity contribution in [3.8, 4) is 16.9 Å². The minimum absolute atomic E-state index is 0.131. The first-order valence-corrected chi connectivity index (χ1v) is 12.1. The Morgan fingerprint density at radius 3 is 2.23 bits per heavy atom. The van der Waals surface area contributed by atoms with Gasteiger partial charge in [0.2, 0.25) is 0 Å². The molecule has 0 aliphatic heterocycles. The van der Waals surface area contributed by atoms with Gasteiger partial charge >= 0.3 is 0 Å². The lowest BCUT2D eigenvalue weighted by Gasteiger charge is -2.21. The Morgan fingerprint density at radius 2 is 1.54 bits per heavy atom. The number of ether oxygens (including phenoxy) is 1. The SMILES string of the molecule is CCN(C(=O)c1cccc(NC(=O)COc2ccc(-c3ccccc3)cc2Br)c1)c1ccccc1. The molecule has 6 heteroatoms. The minimum Gasteiger partial charge on any atom is -0.483 e. The third-order valence-electron chi connectivity index (χ3n) is 5.42. The van der Waals surface area contributed by atoms with Gasteiger partial charge in [-0.3, -0.25) is 9.59 Å². The summed E-state index contributed by atoms with van der Waals surface area (Å²) in [5, 5.41) is 2.81. The molecular weight excluding hydrogens is 504 g/mol. The lowest BCUT2D eigenvalue weighted by Crippen LogP contribution is -2.30. The first-order valence-electron chi connectivity index (χ1n) is 11.3. The van der Waals surface area contributed by atoms with Crippen LogP contribution in [0.5, 0.6) is 5.75 Å². The molecule has 0 fully saturated rings. The normalized spacial score (nSPS) is 10.5. The molecule has 0 saturated heterocycles.